The van der Waals surface area contributed by atoms with Gasteiger partial charge in [0.15, 0.2) is 11.6 Å². The monoisotopic (exact) mass is 486 g/mol. The van der Waals surface area contributed by atoms with Gasteiger partial charge in [0, 0.05) is 43.2 Å². The first-order chi connectivity index (χ1) is 17.3. The van der Waals surface area contributed by atoms with Crippen LogP contribution in [0.25, 0.3) is 22.3 Å². The first-order valence-electron chi connectivity index (χ1n) is 11.9. The van der Waals surface area contributed by atoms with Crippen molar-refractivity contribution >= 4 is 28.6 Å². The Bertz CT molecular complexity index is 1450. The predicted octanol–water partition coefficient (Wildman–Crippen LogP) is 3.54. The number of aromatic hydroxyl groups is 1. The van der Waals surface area contributed by atoms with Gasteiger partial charge in [-0.2, -0.15) is 0 Å². The largest absolute Gasteiger partial charge is 0.507 e. The van der Waals surface area contributed by atoms with Crippen LogP contribution in [0.5, 0.6) is 5.75 Å². The summed E-state index contributed by atoms with van der Waals surface area (Å²) >= 11 is 0. The normalized spacial score (nSPS) is 17.3. The molecule has 184 valence electrons. The third kappa shape index (κ3) is 3.69. The second-order valence-corrected chi connectivity index (χ2v) is 10.2. The lowest BCUT2D eigenvalue weighted by Gasteiger charge is -2.60. The van der Waals surface area contributed by atoms with E-state index in [0.29, 0.717) is 28.4 Å². The minimum atomic E-state index is -0.899. The van der Waals surface area contributed by atoms with Gasteiger partial charge in [-0.1, -0.05) is 31.1 Å². The number of carbonyl (C=O) groups is 1. The molecule has 2 aliphatic rings. The van der Waals surface area contributed by atoms with Crippen molar-refractivity contribution in [3.63, 3.8) is 0 Å². The first-order valence-corrected chi connectivity index (χ1v) is 11.9. The number of rotatable bonds is 6. The minimum Gasteiger partial charge on any atom is -0.507 e. The van der Waals surface area contributed by atoms with Gasteiger partial charge in [0.2, 0.25) is 0 Å². The summed E-state index contributed by atoms with van der Waals surface area (Å²) in [6.07, 6.45) is 0. The molecule has 36 heavy (non-hydrogen) atoms. The Kier molecular flexibility index (Phi) is 5.06. The maximum atomic E-state index is 11.6. The number of fused-ring (bicyclic) bond motifs is 1. The number of para-hydroxylation sites is 1. The van der Waals surface area contributed by atoms with Crippen LogP contribution in [0, 0.1) is 11.3 Å². The Labute approximate surface area is 207 Å². The van der Waals surface area contributed by atoms with E-state index >= 15 is 0 Å². The fourth-order valence-corrected chi connectivity index (χ4v) is 5.27. The van der Waals surface area contributed by atoms with E-state index < -0.39 is 11.9 Å². The highest BCUT2D eigenvalue weighted by atomic mass is 16.5. The Morgan fingerprint density at radius 1 is 0.972 bits per heavy atom. The second kappa shape index (κ2) is 8.18. The van der Waals surface area contributed by atoms with Gasteiger partial charge < -0.3 is 24.5 Å². The van der Waals surface area contributed by atoms with Crippen LogP contribution in [0.1, 0.15) is 25.5 Å². The summed E-state index contributed by atoms with van der Waals surface area (Å²) in [4.78, 5) is 20.8. The van der Waals surface area contributed by atoms with Crippen molar-refractivity contribution in [3.05, 3.63) is 54.3 Å². The molecule has 0 amide bonds. The van der Waals surface area contributed by atoms with E-state index in [2.05, 4.69) is 25.2 Å². The maximum Gasteiger partial charge on any atom is 0.314 e. The van der Waals surface area contributed by atoms with E-state index in [0.717, 1.165) is 37.5 Å². The molecule has 2 N–H and O–H groups in total. The molecule has 10 nitrogen and oxygen atoms in total. The Balaban J connectivity index is 1.13. The van der Waals surface area contributed by atoms with Crippen LogP contribution in [0.3, 0.4) is 0 Å². The minimum absolute atomic E-state index is 0.0823. The van der Waals surface area contributed by atoms with Crippen LogP contribution in [0.2, 0.25) is 0 Å². The fraction of sp³-hybridized carbons (Fsp3) is 0.346. The number of benzene rings is 1. The zero-order valence-electron chi connectivity index (χ0n) is 20.0. The molecule has 10 heteroatoms. The molecular weight excluding hydrogens is 460 g/mol. The highest BCUT2D eigenvalue weighted by Crippen LogP contribution is 2.44. The van der Waals surface area contributed by atoms with Crippen molar-refractivity contribution in [2.45, 2.75) is 19.8 Å². The topological polar surface area (TPSA) is 129 Å². The molecule has 1 aromatic carbocycles. The van der Waals surface area contributed by atoms with Gasteiger partial charge in [-0.3, -0.25) is 4.79 Å². The number of phenolic OH excluding ortho intramolecular Hbond substituents is 1. The number of carboxylic acids is 1. The van der Waals surface area contributed by atoms with E-state index in [1.54, 1.807) is 24.3 Å². The lowest BCUT2D eigenvalue weighted by atomic mass is 9.73. The van der Waals surface area contributed by atoms with E-state index in [1.165, 1.54) is 0 Å². The van der Waals surface area contributed by atoms with Crippen LogP contribution in [0.15, 0.2) is 53.1 Å². The third-order valence-corrected chi connectivity index (χ3v) is 7.11. The average molecular weight is 487 g/mol. The summed E-state index contributed by atoms with van der Waals surface area (Å²) in [6, 6.07) is 14.5. The highest BCUT2D eigenvalue weighted by molar-refractivity contribution is 5.81. The quantitative estimate of drug-likeness (QED) is 0.417. The molecule has 5 heterocycles. The number of hydrogen-bond acceptors (Lipinski definition) is 9. The fourth-order valence-electron chi connectivity index (χ4n) is 5.27. The second-order valence-electron chi connectivity index (χ2n) is 10.2. The smallest absolute Gasteiger partial charge is 0.314 e. The van der Waals surface area contributed by atoms with Crippen LogP contribution >= 0.6 is 0 Å². The zero-order valence-corrected chi connectivity index (χ0v) is 20.0. The van der Waals surface area contributed by atoms with Crippen LogP contribution in [-0.2, 0) is 4.79 Å². The number of hydrogen-bond donors (Lipinski definition) is 2. The van der Waals surface area contributed by atoms with Crippen molar-refractivity contribution in [2.75, 3.05) is 36.0 Å². The van der Waals surface area contributed by atoms with Gasteiger partial charge in [0.1, 0.15) is 23.0 Å². The molecule has 3 aromatic heterocycles. The molecule has 1 spiro atoms. The Morgan fingerprint density at radius 2 is 1.69 bits per heavy atom. The van der Waals surface area contributed by atoms with Gasteiger partial charge in [0.25, 0.3) is 0 Å². The SMILES string of the molecule is CC(C)C(C(=O)O)c1cc(N2CC3(C2)CN(c2ccc4nnc(-c5ccccc5O)cc4n2)C3)no1. The Hall–Kier alpha value is -4.21. The first kappa shape index (κ1) is 22.3. The molecule has 0 bridgehead atoms. The van der Waals surface area contributed by atoms with Crippen molar-refractivity contribution in [1.29, 1.82) is 0 Å². The average Bonchev–Trinajstić information content (AvgIpc) is 3.25. The maximum absolute atomic E-state index is 11.6. The molecule has 4 aromatic rings. The van der Waals surface area contributed by atoms with E-state index in [1.807, 2.05) is 38.1 Å². The molecule has 1 atom stereocenters. The highest BCUT2D eigenvalue weighted by Gasteiger charge is 2.53. The molecule has 2 saturated heterocycles. The molecular formula is C26H26N6O4. The summed E-state index contributed by atoms with van der Waals surface area (Å²) in [5.41, 5.74) is 2.79. The van der Waals surface area contributed by atoms with E-state index in [9.17, 15) is 15.0 Å². The lowest BCUT2D eigenvalue weighted by Crippen LogP contribution is -2.72. The molecule has 0 aliphatic carbocycles. The van der Waals surface area contributed by atoms with Crippen molar-refractivity contribution in [3.8, 4) is 17.0 Å². The molecule has 6 rings (SSSR count). The van der Waals surface area contributed by atoms with Gasteiger partial charge >= 0.3 is 5.97 Å². The molecule has 1 unspecified atom stereocenters. The number of phenols is 1. The Morgan fingerprint density at radius 3 is 2.39 bits per heavy atom. The van der Waals surface area contributed by atoms with Gasteiger partial charge in [-0.05, 0) is 36.2 Å². The molecule has 0 saturated carbocycles. The van der Waals surface area contributed by atoms with Crippen molar-refractivity contribution in [1.82, 2.24) is 20.3 Å². The number of carboxylic acid groups (broad SMARTS) is 1. The zero-order chi connectivity index (χ0) is 25.0. The lowest BCUT2D eigenvalue weighted by molar-refractivity contribution is -0.140. The summed E-state index contributed by atoms with van der Waals surface area (Å²) in [5, 5.41) is 32.3. The van der Waals surface area contributed by atoms with Gasteiger partial charge in [0.05, 0.1) is 11.2 Å². The van der Waals surface area contributed by atoms with Crippen LogP contribution in [0.4, 0.5) is 11.6 Å². The van der Waals surface area contributed by atoms with E-state index in [4.69, 9.17) is 9.51 Å². The number of nitrogens with zero attached hydrogens (tertiary/aromatic N) is 6. The van der Waals surface area contributed by atoms with Crippen LogP contribution < -0.4 is 9.80 Å². The molecule has 0 radical (unpaired) electrons. The number of anilines is 2. The third-order valence-electron chi connectivity index (χ3n) is 7.11. The summed E-state index contributed by atoms with van der Waals surface area (Å²) < 4.78 is 5.39. The number of aromatic nitrogens is 4. The van der Waals surface area contributed by atoms with Crippen molar-refractivity contribution < 1.29 is 19.5 Å². The van der Waals surface area contributed by atoms with Crippen LogP contribution in [-0.4, -0.2) is 62.7 Å². The predicted molar refractivity (Wildman–Crippen MR) is 133 cm³/mol. The number of pyridine rings is 1. The van der Waals surface area contributed by atoms with Gasteiger partial charge in [-0.25, -0.2) is 4.98 Å². The number of aliphatic carboxylic acids is 1. The molecule has 2 aliphatic heterocycles. The summed E-state index contributed by atoms with van der Waals surface area (Å²) in [6.45, 7) is 7.16. The molecule has 2 fully saturated rings. The standard InChI is InChI=1S/C26H26N6O4/c1-15(2)24(25(34)35)21-10-23(30-36-21)32-13-26(14-32)11-31(12-26)22-8-7-17-19(27-22)9-18(29-28-17)16-5-3-4-6-20(16)33/h3-10,15,24,33H,11-14H2,1-2H3,(H,34,35). The van der Waals surface area contributed by atoms with Gasteiger partial charge in [-0.15, -0.1) is 10.2 Å². The van der Waals surface area contributed by atoms with E-state index in [-0.39, 0.29) is 17.1 Å². The summed E-state index contributed by atoms with van der Waals surface area (Å²) in [5.74, 6) is 0.451. The van der Waals surface area contributed by atoms with Crippen molar-refractivity contribution in [2.24, 2.45) is 11.3 Å². The summed E-state index contributed by atoms with van der Waals surface area (Å²) in [7, 11) is 0.